The molecule has 1 aromatic carbocycles. The molecule has 3 nitrogen and oxygen atoms in total. The van der Waals surface area contributed by atoms with Gasteiger partial charge in [-0.2, -0.15) is 0 Å². The zero-order chi connectivity index (χ0) is 14.9. The third kappa shape index (κ3) is 2.95. The molecule has 0 heterocycles. The fraction of sp³-hybridized carbons (Fsp3) is 0.667. The average Bonchev–Trinajstić information content (AvgIpc) is 3.14. The highest BCUT2D eigenvalue weighted by atomic mass is 16.5. The molecule has 2 aliphatic carbocycles. The third-order valence-electron chi connectivity index (χ3n) is 5.20. The molecule has 0 spiro atoms. The van der Waals surface area contributed by atoms with E-state index in [-0.39, 0.29) is 5.54 Å². The Kier molecular flexibility index (Phi) is 4.23. The number of hydrogen-bond donors (Lipinski definition) is 1. The summed E-state index contributed by atoms with van der Waals surface area (Å²) >= 11 is 0. The SMILES string of the molecule is CNC(c1cccc(OC2CC2)c1)C1(N(C)C)CCCC1. The second kappa shape index (κ2) is 5.98. The highest BCUT2D eigenvalue weighted by Gasteiger charge is 2.43. The molecule has 1 atom stereocenters. The van der Waals surface area contributed by atoms with Crippen molar-refractivity contribution in [3.63, 3.8) is 0 Å². The van der Waals surface area contributed by atoms with Gasteiger partial charge in [-0.25, -0.2) is 0 Å². The van der Waals surface area contributed by atoms with Crippen molar-refractivity contribution in [2.75, 3.05) is 21.1 Å². The molecule has 0 bridgehead atoms. The molecule has 2 aliphatic rings. The first-order valence-corrected chi connectivity index (χ1v) is 8.27. The molecule has 1 unspecified atom stereocenters. The Morgan fingerprint density at radius 2 is 1.95 bits per heavy atom. The first-order chi connectivity index (χ1) is 10.2. The minimum atomic E-state index is 0.229. The van der Waals surface area contributed by atoms with Gasteiger partial charge in [-0.15, -0.1) is 0 Å². The first kappa shape index (κ1) is 14.9. The molecule has 3 rings (SSSR count). The van der Waals surface area contributed by atoms with Crippen molar-refractivity contribution in [3.05, 3.63) is 29.8 Å². The summed E-state index contributed by atoms with van der Waals surface area (Å²) < 4.78 is 5.98. The lowest BCUT2D eigenvalue weighted by atomic mass is 9.82. The van der Waals surface area contributed by atoms with Gasteiger partial charge in [0.05, 0.1) is 12.1 Å². The van der Waals surface area contributed by atoms with Crippen LogP contribution in [0.15, 0.2) is 24.3 Å². The Hall–Kier alpha value is -1.06. The van der Waals surface area contributed by atoms with E-state index in [4.69, 9.17) is 4.74 Å². The van der Waals surface area contributed by atoms with E-state index in [1.54, 1.807) is 0 Å². The standard InChI is InChI=1S/C18H28N2O/c1-19-17(18(20(2)3)11-4-5-12-18)14-7-6-8-16(13-14)21-15-9-10-15/h6-8,13,15,17,19H,4-5,9-12H2,1-3H3. The predicted octanol–water partition coefficient (Wildman–Crippen LogP) is 3.36. The Labute approximate surface area is 128 Å². The van der Waals surface area contributed by atoms with E-state index in [2.05, 4.69) is 55.6 Å². The minimum absolute atomic E-state index is 0.229. The van der Waals surface area contributed by atoms with Crippen LogP contribution in [0.1, 0.15) is 50.1 Å². The maximum Gasteiger partial charge on any atom is 0.120 e. The van der Waals surface area contributed by atoms with E-state index in [9.17, 15) is 0 Å². The van der Waals surface area contributed by atoms with E-state index < -0.39 is 0 Å². The van der Waals surface area contributed by atoms with Gasteiger partial charge in [-0.05, 0) is 64.5 Å². The van der Waals surface area contributed by atoms with E-state index in [0.29, 0.717) is 12.1 Å². The van der Waals surface area contributed by atoms with Crippen molar-refractivity contribution in [2.24, 2.45) is 0 Å². The van der Waals surface area contributed by atoms with Gasteiger partial charge in [-0.3, -0.25) is 0 Å². The van der Waals surface area contributed by atoms with Crippen molar-refractivity contribution in [3.8, 4) is 5.75 Å². The van der Waals surface area contributed by atoms with Crippen molar-refractivity contribution < 1.29 is 4.74 Å². The molecule has 2 fully saturated rings. The number of rotatable bonds is 6. The van der Waals surface area contributed by atoms with Crippen LogP contribution in [-0.4, -0.2) is 37.7 Å². The Morgan fingerprint density at radius 1 is 1.24 bits per heavy atom. The fourth-order valence-electron chi connectivity index (χ4n) is 3.87. The summed E-state index contributed by atoms with van der Waals surface area (Å²) in [4.78, 5) is 2.43. The number of nitrogens with zero attached hydrogens (tertiary/aromatic N) is 1. The zero-order valence-electron chi connectivity index (χ0n) is 13.6. The van der Waals surface area contributed by atoms with Crippen LogP contribution in [-0.2, 0) is 0 Å². The van der Waals surface area contributed by atoms with Crippen LogP contribution in [0.3, 0.4) is 0 Å². The maximum atomic E-state index is 5.98. The molecule has 0 aromatic heterocycles. The van der Waals surface area contributed by atoms with E-state index in [1.165, 1.54) is 44.1 Å². The van der Waals surface area contributed by atoms with Crippen LogP contribution in [0, 0.1) is 0 Å². The monoisotopic (exact) mass is 288 g/mol. The normalized spacial score (nSPS) is 22.5. The summed E-state index contributed by atoms with van der Waals surface area (Å²) in [6.07, 6.45) is 8.06. The first-order valence-electron chi connectivity index (χ1n) is 8.27. The highest BCUT2D eigenvalue weighted by Crippen LogP contribution is 2.43. The largest absolute Gasteiger partial charge is 0.490 e. The molecule has 0 radical (unpaired) electrons. The maximum absolute atomic E-state index is 5.98. The quantitative estimate of drug-likeness (QED) is 0.868. The third-order valence-corrected chi connectivity index (χ3v) is 5.20. The molecule has 0 aliphatic heterocycles. The van der Waals surface area contributed by atoms with Crippen molar-refractivity contribution in [1.82, 2.24) is 10.2 Å². The minimum Gasteiger partial charge on any atom is -0.490 e. The van der Waals surface area contributed by atoms with Gasteiger partial charge < -0.3 is 15.0 Å². The lowest BCUT2D eigenvalue weighted by Crippen LogP contribution is -2.51. The van der Waals surface area contributed by atoms with Crippen LogP contribution >= 0.6 is 0 Å². The van der Waals surface area contributed by atoms with Crippen LogP contribution in [0.2, 0.25) is 0 Å². The lowest BCUT2D eigenvalue weighted by molar-refractivity contribution is 0.108. The summed E-state index contributed by atoms with van der Waals surface area (Å²) in [7, 11) is 6.53. The molecule has 1 N–H and O–H groups in total. The van der Waals surface area contributed by atoms with Crippen LogP contribution in [0.4, 0.5) is 0 Å². The smallest absolute Gasteiger partial charge is 0.120 e. The Balaban J connectivity index is 1.87. The van der Waals surface area contributed by atoms with E-state index in [0.717, 1.165) is 5.75 Å². The van der Waals surface area contributed by atoms with Gasteiger partial charge in [0.2, 0.25) is 0 Å². The van der Waals surface area contributed by atoms with Gasteiger partial charge in [-0.1, -0.05) is 25.0 Å². The zero-order valence-corrected chi connectivity index (χ0v) is 13.6. The molecule has 0 amide bonds. The van der Waals surface area contributed by atoms with Crippen LogP contribution in [0.5, 0.6) is 5.75 Å². The topological polar surface area (TPSA) is 24.5 Å². The second-order valence-electron chi connectivity index (χ2n) is 6.82. The summed E-state index contributed by atoms with van der Waals surface area (Å²) in [5.41, 5.74) is 1.58. The molecule has 21 heavy (non-hydrogen) atoms. The number of nitrogens with one attached hydrogen (secondary N) is 1. The number of hydrogen-bond acceptors (Lipinski definition) is 3. The van der Waals surface area contributed by atoms with Crippen molar-refractivity contribution >= 4 is 0 Å². The average molecular weight is 288 g/mol. The summed E-state index contributed by atoms with van der Waals surface area (Å²) in [5, 5.41) is 3.58. The molecular formula is C18H28N2O. The molecule has 2 saturated carbocycles. The summed E-state index contributed by atoms with van der Waals surface area (Å²) in [5.74, 6) is 1.03. The lowest BCUT2D eigenvalue weighted by Gasteiger charge is -2.43. The molecule has 3 heteroatoms. The fourth-order valence-corrected chi connectivity index (χ4v) is 3.87. The predicted molar refractivity (Wildman–Crippen MR) is 86.8 cm³/mol. The summed E-state index contributed by atoms with van der Waals surface area (Å²) in [6.45, 7) is 0. The number of likely N-dealkylation sites (N-methyl/N-ethyl adjacent to an activating group) is 2. The molecule has 116 valence electrons. The molecule has 0 saturated heterocycles. The van der Waals surface area contributed by atoms with E-state index in [1.807, 2.05) is 0 Å². The van der Waals surface area contributed by atoms with Gasteiger partial charge in [0.25, 0.3) is 0 Å². The van der Waals surface area contributed by atoms with Crippen LogP contribution in [0.25, 0.3) is 0 Å². The molecular weight excluding hydrogens is 260 g/mol. The van der Waals surface area contributed by atoms with Gasteiger partial charge >= 0.3 is 0 Å². The second-order valence-corrected chi connectivity index (χ2v) is 6.82. The van der Waals surface area contributed by atoms with E-state index >= 15 is 0 Å². The van der Waals surface area contributed by atoms with Crippen molar-refractivity contribution in [2.45, 2.75) is 56.2 Å². The van der Waals surface area contributed by atoms with Gasteiger partial charge in [0, 0.05) is 5.54 Å². The number of benzene rings is 1. The molecule has 1 aromatic rings. The summed E-state index contributed by atoms with van der Waals surface area (Å²) in [6, 6.07) is 9.06. The highest BCUT2D eigenvalue weighted by molar-refractivity contribution is 5.33. The van der Waals surface area contributed by atoms with Crippen LogP contribution < -0.4 is 10.1 Å². The van der Waals surface area contributed by atoms with Gasteiger partial charge in [0.1, 0.15) is 5.75 Å². The van der Waals surface area contributed by atoms with Crippen molar-refractivity contribution in [1.29, 1.82) is 0 Å². The van der Waals surface area contributed by atoms with Gasteiger partial charge in [0.15, 0.2) is 0 Å². The Bertz CT molecular complexity index is 476. The number of ether oxygens (including phenoxy) is 1. The Morgan fingerprint density at radius 3 is 2.52 bits per heavy atom.